The number of nitrogens with zero attached hydrogens (tertiary/aromatic N) is 4. The van der Waals surface area contributed by atoms with Crippen molar-refractivity contribution < 1.29 is 19.1 Å². The molecule has 2 saturated carbocycles. The van der Waals surface area contributed by atoms with E-state index in [-0.39, 0.29) is 36.4 Å². The summed E-state index contributed by atoms with van der Waals surface area (Å²) in [6.07, 6.45) is 7.17. The molecule has 2 aromatic carbocycles. The molecule has 2 amide bonds. The van der Waals surface area contributed by atoms with Crippen LogP contribution in [0.25, 0.3) is 33.6 Å². The highest BCUT2D eigenvalue weighted by Gasteiger charge is 2.57. The van der Waals surface area contributed by atoms with E-state index < -0.39 is 11.2 Å². The second kappa shape index (κ2) is 10.9. The number of hydrogen-bond donors (Lipinski definition) is 2. The van der Waals surface area contributed by atoms with Crippen LogP contribution in [0.3, 0.4) is 0 Å². The van der Waals surface area contributed by atoms with Crippen molar-refractivity contribution in [3.8, 4) is 33.6 Å². The molecule has 2 aromatic heterocycles. The smallest absolute Gasteiger partial charge is 0.411 e. The fraction of sp³-hybridized carbons (Fsp3) is 0.500. The molecule has 4 fully saturated rings. The maximum atomic E-state index is 13.2. The number of carbonyl (C=O) groups is 2. The molecule has 0 radical (unpaired) electrons. The second-order valence-corrected chi connectivity index (χ2v) is 17.0. The lowest BCUT2D eigenvalue weighted by Crippen LogP contribution is -2.38. The molecule has 5 aliphatic rings. The molecule has 4 heterocycles. The number of aromatic amines is 2. The molecule has 0 unspecified atom stereocenters. The largest absolute Gasteiger partial charge is 0.444 e. The third-order valence-corrected chi connectivity index (χ3v) is 11.0. The minimum Gasteiger partial charge on any atom is -0.444 e. The molecule has 260 valence electrons. The highest BCUT2D eigenvalue weighted by Crippen LogP contribution is 2.55. The van der Waals surface area contributed by atoms with Gasteiger partial charge >= 0.3 is 12.2 Å². The third-order valence-electron chi connectivity index (χ3n) is 11.0. The number of piperidine rings is 2. The molecule has 9 rings (SSSR count). The van der Waals surface area contributed by atoms with E-state index in [1.807, 2.05) is 57.5 Å². The minimum atomic E-state index is -0.531. The van der Waals surface area contributed by atoms with Crippen LogP contribution in [0.2, 0.25) is 0 Å². The zero-order valence-corrected chi connectivity index (χ0v) is 29.7. The van der Waals surface area contributed by atoms with Crippen LogP contribution in [0, 0.1) is 11.8 Å². The summed E-state index contributed by atoms with van der Waals surface area (Å²) < 4.78 is 11.5. The van der Waals surface area contributed by atoms with Crippen LogP contribution in [0.4, 0.5) is 9.59 Å². The van der Waals surface area contributed by atoms with Gasteiger partial charge in [-0.05, 0) is 114 Å². The van der Waals surface area contributed by atoms with Crippen molar-refractivity contribution in [2.45, 2.75) is 115 Å². The Balaban J connectivity index is 0.913. The fourth-order valence-corrected chi connectivity index (χ4v) is 8.51. The van der Waals surface area contributed by atoms with Crippen molar-refractivity contribution in [1.29, 1.82) is 0 Å². The SMILES string of the molecule is CC(C)(C)OC(=O)N1[C@@H]2C[C@@H]2C[C@H]1c1ncc(-c2ccc(-c3ccc4c(c3)CCc3[nH]c([C@@H]5C[C@H]6C[C@H]6N5C(=O)OC(C)(C)C)nc3-4)cc2)[nH]1. The van der Waals surface area contributed by atoms with Crippen LogP contribution in [0.1, 0.15) is 102 Å². The first-order chi connectivity index (χ1) is 23.8. The Morgan fingerprint density at radius 1 is 0.720 bits per heavy atom. The number of nitrogens with one attached hydrogen (secondary N) is 2. The number of hydrogen-bond acceptors (Lipinski definition) is 6. The first kappa shape index (κ1) is 31.4. The summed E-state index contributed by atoms with van der Waals surface area (Å²) in [7, 11) is 0. The first-order valence-corrected chi connectivity index (χ1v) is 18.2. The Morgan fingerprint density at radius 2 is 1.30 bits per heavy atom. The first-order valence-electron chi connectivity index (χ1n) is 18.2. The number of benzene rings is 2. The molecule has 50 heavy (non-hydrogen) atoms. The van der Waals surface area contributed by atoms with Gasteiger partial charge in [0.25, 0.3) is 0 Å². The molecule has 3 aliphatic carbocycles. The topological polar surface area (TPSA) is 116 Å². The molecule has 10 heteroatoms. The Labute approximate surface area is 293 Å². The second-order valence-electron chi connectivity index (χ2n) is 17.0. The Bertz CT molecular complexity index is 2000. The predicted molar refractivity (Wildman–Crippen MR) is 189 cm³/mol. The van der Waals surface area contributed by atoms with E-state index in [0.29, 0.717) is 11.8 Å². The monoisotopic (exact) mass is 674 g/mol. The van der Waals surface area contributed by atoms with E-state index in [9.17, 15) is 9.59 Å². The summed E-state index contributed by atoms with van der Waals surface area (Å²) in [4.78, 5) is 47.1. The van der Waals surface area contributed by atoms with Crippen LogP contribution in [0.15, 0.2) is 48.7 Å². The number of likely N-dealkylation sites (tertiary alicyclic amines) is 2. The number of fused-ring (bicyclic) bond motifs is 5. The van der Waals surface area contributed by atoms with E-state index in [4.69, 9.17) is 19.4 Å². The maximum Gasteiger partial charge on any atom is 0.411 e. The van der Waals surface area contributed by atoms with E-state index >= 15 is 0 Å². The molecule has 2 N–H and O–H groups in total. The number of aryl methyl sites for hydroxylation is 2. The third kappa shape index (κ3) is 5.57. The zero-order chi connectivity index (χ0) is 34.7. The number of imidazole rings is 2. The van der Waals surface area contributed by atoms with Crippen molar-refractivity contribution in [2.75, 3.05) is 0 Å². The number of carbonyl (C=O) groups excluding carboxylic acids is 2. The zero-order valence-electron chi connectivity index (χ0n) is 29.7. The van der Waals surface area contributed by atoms with E-state index in [1.165, 1.54) is 11.1 Å². The Hall–Kier alpha value is -4.60. The highest BCUT2D eigenvalue weighted by molar-refractivity contribution is 5.76. The molecular formula is C40H46N6O4. The van der Waals surface area contributed by atoms with Crippen molar-refractivity contribution in [2.24, 2.45) is 11.8 Å². The van der Waals surface area contributed by atoms with Gasteiger partial charge in [0.1, 0.15) is 22.9 Å². The van der Waals surface area contributed by atoms with Gasteiger partial charge in [0.15, 0.2) is 0 Å². The maximum absolute atomic E-state index is 13.2. The van der Waals surface area contributed by atoms with Crippen LogP contribution in [-0.2, 0) is 22.3 Å². The van der Waals surface area contributed by atoms with Gasteiger partial charge in [-0.3, -0.25) is 9.80 Å². The lowest BCUT2D eigenvalue weighted by Gasteiger charge is -2.29. The summed E-state index contributed by atoms with van der Waals surface area (Å²) >= 11 is 0. The lowest BCUT2D eigenvalue weighted by atomic mass is 9.89. The van der Waals surface area contributed by atoms with E-state index in [0.717, 1.165) is 83.9 Å². The number of amides is 2. The van der Waals surface area contributed by atoms with Gasteiger partial charge in [-0.15, -0.1) is 0 Å². The van der Waals surface area contributed by atoms with Crippen molar-refractivity contribution in [1.82, 2.24) is 29.7 Å². The molecule has 10 nitrogen and oxygen atoms in total. The summed E-state index contributed by atoms with van der Waals surface area (Å²) in [5.74, 6) is 2.77. The van der Waals surface area contributed by atoms with Crippen molar-refractivity contribution in [3.63, 3.8) is 0 Å². The molecular weight excluding hydrogens is 628 g/mol. The molecule has 6 atom stereocenters. The van der Waals surface area contributed by atoms with Gasteiger partial charge in [0.05, 0.1) is 29.7 Å². The number of H-pyrrole nitrogens is 2. The quantitative estimate of drug-likeness (QED) is 0.225. The average molecular weight is 675 g/mol. The summed E-state index contributed by atoms with van der Waals surface area (Å²) in [6.45, 7) is 11.5. The number of ether oxygens (including phenoxy) is 2. The Morgan fingerprint density at radius 3 is 1.92 bits per heavy atom. The highest BCUT2D eigenvalue weighted by atomic mass is 16.6. The molecule has 2 saturated heterocycles. The molecule has 4 aromatic rings. The summed E-state index contributed by atoms with van der Waals surface area (Å²) in [5, 5.41) is 0. The summed E-state index contributed by atoms with van der Waals surface area (Å²) in [5.41, 5.74) is 7.86. The summed E-state index contributed by atoms with van der Waals surface area (Å²) in [6, 6.07) is 15.6. The van der Waals surface area contributed by atoms with Crippen LogP contribution in [0.5, 0.6) is 0 Å². The van der Waals surface area contributed by atoms with Crippen LogP contribution >= 0.6 is 0 Å². The number of aromatic nitrogens is 4. The minimum absolute atomic E-state index is 0.0703. The molecule has 2 aliphatic heterocycles. The Kier molecular flexibility index (Phi) is 6.87. The van der Waals surface area contributed by atoms with Gasteiger partial charge in [0, 0.05) is 23.3 Å². The van der Waals surface area contributed by atoms with Crippen molar-refractivity contribution in [3.05, 3.63) is 71.6 Å². The number of rotatable bonds is 4. The van der Waals surface area contributed by atoms with E-state index in [1.54, 1.807) is 0 Å². The van der Waals surface area contributed by atoms with Crippen molar-refractivity contribution >= 4 is 12.2 Å². The average Bonchev–Trinajstić information content (AvgIpc) is 3.67. The molecule has 0 bridgehead atoms. The normalized spacial score (nSPS) is 26.2. The van der Waals surface area contributed by atoms with Gasteiger partial charge in [-0.1, -0.05) is 42.5 Å². The van der Waals surface area contributed by atoms with Crippen LogP contribution < -0.4 is 0 Å². The standard InChI is InChI=1S/C40H46N6O4/c1-39(2,3)49-37(47)45-30-16-25(30)18-32(45)35-41-20-29(43-35)22-9-7-21(8-10-22)23-11-13-27-24(15-23)12-14-28-34(27)44-36(42-28)33-19-26-17-31(26)46(33)38(48)50-40(4,5)6/h7-11,13,15,20,25-26,30-33H,12,14,16-19H2,1-6H3,(H,41,43)(H,42,44)/t25-,26-,30-,31-,32+,33+/m1/s1. The lowest BCUT2D eigenvalue weighted by molar-refractivity contribution is 0.0164. The molecule has 0 spiro atoms. The predicted octanol–water partition coefficient (Wildman–Crippen LogP) is 8.37. The van der Waals surface area contributed by atoms with Gasteiger partial charge in [-0.25, -0.2) is 19.6 Å². The van der Waals surface area contributed by atoms with E-state index in [2.05, 4.69) is 52.4 Å². The van der Waals surface area contributed by atoms with Gasteiger partial charge in [-0.2, -0.15) is 0 Å². The van der Waals surface area contributed by atoms with Gasteiger partial charge < -0.3 is 19.4 Å². The van der Waals surface area contributed by atoms with Gasteiger partial charge in [0.2, 0.25) is 0 Å². The fourth-order valence-electron chi connectivity index (χ4n) is 8.51. The van der Waals surface area contributed by atoms with Crippen LogP contribution in [-0.4, -0.2) is 65.2 Å².